The lowest BCUT2D eigenvalue weighted by Crippen LogP contribution is -2.74. The number of likely N-dealkylation sites (tertiary alicyclic amines) is 1. The largest absolute Gasteiger partial charge is 0.514 e. The average Bonchev–Trinajstić information content (AvgIpc) is 3.31. The molecule has 1 unspecified atom stereocenters. The number of carbonyl (C=O) groups is 3. The average molecular weight is 636 g/mol. The lowest BCUT2D eigenvalue weighted by molar-refractivity contribution is -0.173. The van der Waals surface area contributed by atoms with Gasteiger partial charge in [0.15, 0.2) is 17.6 Å². The molecule has 0 aromatic heterocycles. The molecule has 2 aromatic rings. The van der Waals surface area contributed by atoms with Crippen LogP contribution in [-0.4, -0.2) is 70.8 Å². The fourth-order valence-corrected chi connectivity index (χ4v) is 7.29. The Labute approximate surface area is 268 Å². The van der Waals surface area contributed by atoms with Gasteiger partial charge in [0, 0.05) is 23.6 Å². The Bertz CT molecular complexity index is 1590. The second-order valence-electron chi connectivity index (χ2n) is 14.4. The monoisotopic (exact) mass is 635 g/mol. The second kappa shape index (κ2) is 11.0. The van der Waals surface area contributed by atoms with Crippen molar-refractivity contribution in [3.8, 4) is 11.5 Å². The molecule has 0 saturated carbocycles. The van der Waals surface area contributed by atoms with Crippen molar-refractivity contribution >= 4 is 18.3 Å². The summed E-state index contributed by atoms with van der Waals surface area (Å²) in [6, 6.07) is 11.9. The maximum Gasteiger partial charge on any atom is 0.514 e. The minimum Gasteiger partial charge on any atom is -0.477 e. The zero-order valence-electron chi connectivity index (χ0n) is 27.2. The molecule has 0 amide bonds. The first-order valence-electron chi connectivity index (χ1n) is 15.6. The van der Waals surface area contributed by atoms with Crippen molar-refractivity contribution in [1.29, 1.82) is 0 Å². The van der Waals surface area contributed by atoms with E-state index in [4.69, 9.17) is 28.4 Å². The molecule has 1 N–H and O–H groups in total. The van der Waals surface area contributed by atoms with Crippen LogP contribution in [0.25, 0.3) is 0 Å². The summed E-state index contributed by atoms with van der Waals surface area (Å²) >= 11 is 0. The Morgan fingerprint density at radius 1 is 0.957 bits per heavy atom. The molecular formula is C35H41NO10. The van der Waals surface area contributed by atoms with E-state index in [1.807, 2.05) is 13.1 Å². The Morgan fingerprint density at radius 3 is 2.30 bits per heavy atom. The molecule has 2 bridgehead atoms. The molecule has 246 valence electrons. The quantitative estimate of drug-likeness (QED) is 0.253. The van der Waals surface area contributed by atoms with Crippen LogP contribution in [0.5, 0.6) is 11.5 Å². The van der Waals surface area contributed by atoms with Gasteiger partial charge < -0.3 is 38.4 Å². The number of nitrogens with zero attached hydrogens (tertiary/aromatic N) is 1. The Morgan fingerprint density at radius 2 is 1.63 bits per heavy atom. The number of benzene rings is 2. The number of likely N-dealkylation sites (N-methyl/N-ethyl adjacent to an activating group) is 1. The highest BCUT2D eigenvalue weighted by Gasteiger charge is 2.72. The van der Waals surface area contributed by atoms with E-state index >= 15 is 0 Å². The lowest BCUT2D eigenvalue weighted by Gasteiger charge is -2.61. The molecule has 11 heteroatoms. The molecule has 1 saturated heterocycles. The Balaban J connectivity index is 1.37. The summed E-state index contributed by atoms with van der Waals surface area (Å²) < 4.78 is 34.6. The van der Waals surface area contributed by atoms with E-state index in [-0.39, 0.29) is 24.0 Å². The van der Waals surface area contributed by atoms with E-state index in [2.05, 4.69) is 4.90 Å². The van der Waals surface area contributed by atoms with Crippen LogP contribution in [0.3, 0.4) is 0 Å². The van der Waals surface area contributed by atoms with Gasteiger partial charge in [-0.05, 0) is 85.7 Å². The van der Waals surface area contributed by atoms with Gasteiger partial charge in [0.2, 0.25) is 6.10 Å². The van der Waals surface area contributed by atoms with Gasteiger partial charge in [-0.15, -0.1) is 0 Å². The maximum absolute atomic E-state index is 13.9. The van der Waals surface area contributed by atoms with Crippen LogP contribution in [0, 0.1) is 0 Å². The van der Waals surface area contributed by atoms with Crippen LogP contribution in [0.1, 0.15) is 77.2 Å². The van der Waals surface area contributed by atoms with Crippen molar-refractivity contribution in [2.75, 3.05) is 13.6 Å². The van der Waals surface area contributed by atoms with E-state index in [1.54, 1.807) is 84.0 Å². The fraction of sp³-hybridized carbons (Fsp3) is 0.514. The van der Waals surface area contributed by atoms with Crippen LogP contribution >= 0.6 is 0 Å². The van der Waals surface area contributed by atoms with Gasteiger partial charge in [-0.25, -0.2) is 14.4 Å². The minimum absolute atomic E-state index is 0.151. The van der Waals surface area contributed by atoms with Crippen molar-refractivity contribution in [2.45, 2.75) is 101 Å². The van der Waals surface area contributed by atoms with Gasteiger partial charge in [-0.2, -0.15) is 0 Å². The van der Waals surface area contributed by atoms with Crippen LogP contribution < -0.4 is 9.47 Å². The molecule has 0 radical (unpaired) electrons. The number of hydrogen-bond acceptors (Lipinski definition) is 11. The predicted octanol–water partition coefficient (Wildman–Crippen LogP) is 5.51. The smallest absolute Gasteiger partial charge is 0.477 e. The number of aliphatic hydroxyl groups is 1. The van der Waals surface area contributed by atoms with E-state index in [0.717, 1.165) is 11.1 Å². The summed E-state index contributed by atoms with van der Waals surface area (Å²) in [6.07, 6.45) is -1.37. The standard InChI is InChI=1S/C35H41NO10/c1-32(2,3)45-30(38)42-22-14-13-21-19-24-35(40)16-15-23(28-34(35,17-18-36(24)7)25(21)27(22)43-28)41-29(37)26(20-11-9-8-10-12-20)44-31(39)46-33(4,5)6/h8-15,24,26,28,40H,16-19H2,1-7H3/t24?,26-,28-,34-,35-/m0/s1. The van der Waals surface area contributed by atoms with Crippen molar-refractivity contribution in [1.82, 2.24) is 4.90 Å². The number of ether oxygens (including phenoxy) is 6. The Kier molecular flexibility index (Phi) is 7.63. The normalized spacial score (nSPS) is 26.9. The van der Waals surface area contributed by atoms with Crippen LogP contribution in [0.15, 0.2) is 54.3 Å². The van der Waals surface area contributed by atoms with Crippen LogP contribution in [-0.2, 0) is 35.6 Å². The van der Waals surface area contributed by atoms with Crippen molar-refractivity contribution in [3.05, 3.63) is 71.0 Å². The third-order valence-electron chi connectivity index (χ3n) is 9.06. The van der Waals surface area contributed by atoms with Gasteiger partial charge >= 0.3 is 18.3 Å². The number of rotatable bonds is 5. The summed E-state index contributed by atoms with van der Waals surface area (Å²) in [7, 11) is 1.99. The van der Waals surface area contributed by atoms with Crippen LogP contribution in [0.4, 0.5) is 9.59 Å². The maximum atomic E-state index is 13.9. The first-order valence-corrected chi connectivity index (χ1v) is 15.6. The SMILES string of the molecule is CN1CC[C@]23c4c5ccc(OC(=O)OC(C)(C)C)c4O[C@H]2C(OC(=O)[C@@H](OC(=O)OC(C)(C)C)c2ccccc2)=CC[C@]3(O)C1C5. The zero-order chi connectivity index (χ0) is 33.2. The number of carbonyl (C=O) groups excluding carboxylic acids is 3. The predicted molar refractivity (Wildman–Crippen MR) is 164 cm³/mol. The summed E-state index contributed by atoms with van der Waals surface area (Å²) in [5.74, 6) is -0.213. The second-order valence-corrected chi connectivity index (χ2v) is 14.4. The number of esters is 1. The molecule has 5 atom stereocenters. The van der Waals surface area contributed by atoms with Crippen molar-refractivity contribution in [3.63, 3.8) is 0 Å². The lowest BCUT2D eigenvalue weighted by atomic mass is 9.50. The summed E-state index contributed by atoms with van der Waals surface area (Å²) in [5, 5.41) is 12.5. The molecule has 2 aliphatic carbocycles. The van der Waals surface area contributed by atoms with E-state index < -0.39 is 52.7 Å². The molecule has 1 fully saturated rings. The zero-order valence-corrected chi connectivity index (χ0v) is 27.2. The van der Waals surface area contributed by atoms with Gasteiger partial charge in [0.05, 0.1) is 11.0 Å². The topological polar surface area (TPSA) is 130 Å². The van der Waals surface area contributed by atoms with E-state index in [1.165, 1.54) is 0 Å². The summed E-state index contributed by atoms with van der Waals surface area (Å²) in [6.45, 7) is 11.0. The molecule has 2 aromatic carbocycles. The Hall–Kier alpha value is -4.09. The molecule has 11 nitrogen and oxygen atoms in total. The minimum atomic E-state index is -1.43. The van der Waals surface area contributed by atoms with E-state index in [9.17, 15) is 19.5 Å². The van der Waals surface area contributed by atoms with Gasteiger partial charge in [-0.3, -0.25) is 0 Å². The highest BCUT2D eigenvalue weighted by molar-refractivity contribution is 5.80. The molecule has 2 aliphatic heterocycles. The highest BCUT2D eigenvalue weighted by atomic mass is 16.7. The van der Waals surface area contributed by atoms with Gasteiger partial charge in [0.1, 0.15) is 17.0 Å². The third kappa shape index (κ3) is 5.39. The molecule has 2 heterocycles. The van der Waals surface area contributed by atoms with Gasteiger partial charge in [-0.1, -0.05) is 36.4 Å². The van der Waals surface area contributed by atoms with Gasteiger partial charge in [0.25, 0.3) is 0 Å². The van der Waals surface area contributed by atoms with Crippen molar-refractivity contribution < 1.29 is 47.9 Å². The summed E-state index contributed by atoms with van der Waals surface area (Å²) in [4.78, 5) is 41.5. The first-order chi connectivity index (χ1) is 21.5. The first kappa shape index (κ1) is 31.9. The van der Waals surface area contributed by atoms with E-state index in [0.29, 0.717) is 30.7 Å². The van der Waals surface area contributed by atoms with Crippen LogP contribution in [0.2, 0.25) is 0 Å². The number of hydrogen-bond donors (Lipinski definition) is 1. The molecule has 1 spiro atoms. The summed E-state index contributed by atoms with van der Waals surface area (Å²) in [5.41, 5.74) is -1.79. The third-order valence-corrected chi connectivity index (χ3v) is 9.06. The molecular weight excluding hydrogens is 594 g/mol. The fourth-order valence-electron chi connectivity index (χ4n) is 7.29. The molecule has 46 heavy (non-hydrogen) atoms. The molecule has 4 aliphatic rings. The molecule has 6 rings (SSSR count). The highest BCUT2D eigenvalue weighted by Crippen LogP contribution is 2.65. The van der Waals surface area contributed by atoms with Crippen molar-refractivity contribution in [2.24, 2.45) is 0 Å². The number of piperidine rings is 1.